The third-order valence-electron chi connectivity index (χ3n) is 9.70. The van der Waals surface area contributed by atoms with Crippen molar-refractivity contribution in [1.29, 1.82) is 0 Å². The van der Waals surface area contributed by atoms with E-state index in [0.717, 1.165) is 52.8 Å². The highest BCUT2D eigenvalue weighted by atomic mass is 35.5. The summed E-state index contributed by atoms with van der Waals surface area (Å²) < 4.78 is 6.41. The molecule has 3 aliphatic rings. The van der Waals surface area contributed by atoms with Crippen molar-refractivity contribution in [2.75, 3.05) is 20.2 Å². The average molecular weight is 551 g/mol. The second kappa shape index (κ2) is 10.5. The van der Waals surface area contributed by atoms with Gasteiger partial charge in [0, 0.05) is 35.9 Å². The predicted molar refractivity (Wildman–Crippen MR) is 159 cm³/mol. The van der Waals surface area contributed by atoms with Crippen LogP contribution in [0.15, 0.2) is 97.7 Å². The zero-order chi connectivity index (χ0) is 26.6. The molecule has 5 aromatic rings. The van der Waals surface area contributed by atoms with Gasteiger partial charge in [0.2, 0.25) is 0 Å². The Labute approximate surface area is 241 Å². The minimum Gasteiger partial charge on any atom is -1.00 e. The van der Waals surface area contributed by atoms with E-state index in [9.17, 15) is 5.11 Å². The molecule has 40 heavy (non-hydrogen) atoms. The van der Waals surface area contributed by atoms with Gasteiger partial charge in [-0.2, -0.15) is 0 Å². The number of aliphatic hydroxyl groups excluding tert-OH is 1. The molecule has 1 N–H and O–H groups in total. The van der Waals surface area contributed by atoms with Gasteiger partial charge in [0.15, 0.2) is 0 Å². The number of rotatable bonds is 6. The molecule has 4 nitrogen and oxygen atoms in total. The van der Waals surface area contributed by atoms with Crippen LogP contribution in [-0.4, -0.2) is 40.8 Å². The Balaban J connectivity index is 0.00000289. The van der Waals surface area contributed by atoms with Gasteiger partial charge in [-0.05, 0) is 63.4 Å². The van der Waals surface area contributed by atoms with Crippen LogP contribution in [0, 0.1) is 11.8 Å². The van der Waals surface area contributed by atoms with E-state index in [1.54, 1.807) is 7.11 Å². The molecule has 0 radical (unpaired) electrons. The van der Waals surface area contributed by atoms with Crippen molar-refractivity contribution in [3.63, 3.8) is 0 Å². The zero-order valence-corrected chi connectivity index (χ0v) is 23.6. The standard InChI is InChI=1S/C35H35N2O2.ClH/c1-3-23-21-37(22-32-28-10-6-4-8-25(28)18-26-9-5-7-11-29(26)32)17-15-24(23)19-34(37)35(38)30-14-16-36-33-13-12-27(39-2)20-31(30)33;/h3-14,16,18,20,23-24,34-35,38H,1,15,17,19,21-22H2,2H3;1H/q+1;/p-1/t23-,24-,34?,35?,37-;/m0./s1. The largest absolute Gasteiger partial charge is 1.00 e. The molecule has 4 aromatic carbocycles. The fourth-order valence-electron chi connectivity index (χ4n) is 7.71. The van der Waals surface area contributed by atoms with E-state index in [1.807, 2.05) is 30.5 Å². The predicted octanol–water partition coefficient (Wildman–Crippen LogP) is 4.20. The smallest absolute Gasteiger partial charge is 0.131 e. The third-order valence-corrected chi connectivity index (χ3v) is 9.70. The fourth-order valence-corrected chi connectivity index (χ4v) is 7.71. The zero-order valence-electron chi connectivity index (χ0n) is 22.8. The quantitative estimate of drug-likeness (QED) is 0.196. The molecule has 3 fully saturated rings. The first-order chi connectivity index (χ1) is 19.1. The van der Waals surface area contributed by atoms with E-state index in [2.05, 4.69) is 72.2 Å². The van der Waals surface area contributed by atoms with Crippen LogP contribution in [0.25, 0.3) is 32.4 Å². The number of pyridine rings is 1. The Morgan fingerprint density at radius 1 is 1.00 bits per heavy atom. The highest BCUT2D eigenvalue weighted by molar-refractivity contribution is 6.02. The van der Waals surface area contributed by atoms with Crippen molar-refractivity contribution < 1.29 is 26.7 Å². The third kappa shape index (κ3) is 4.26. The van der Waals surface area contributed by atoms with Gasteiger partial charge in [-0.1, -0.05) is 54.6 Å². The summed E-state index contributed by atoms with van der Waals surface area (Å²) in [6.45, 7) is 7.21. The first-order valence-electron chi connectivity index (χ1n) is 14.1. The summed E-state index contributed by atoms with van der Waals surface area (Å²) in [6, 6.07) is 27.9. The molecule has 2 bridgehead atoms. The highest BCUT2D eigenvalue weighted by Gasteiger charge is 2.54. The average Bonchev–Trinajstić information content (AvgIpc) is 3.00. The molecule has 1 aromatic heterocycles. The summed E-state index contributed by atoms with van der Waals surface area (Å²) in [5.41, 5.74) is 3.23. The first-order valence-corrected chi connectivity index (χ1v) is 14.1. The van der Waals surface area contributed by atoms with E-state index in [1.165, 1.54) is 33.5 Å². The normalized spacial score (nSPS) is 24.6. The fraction of sp³-hybridized carbons (Fsp3) is 0.286. The van der Waals surface area contributed by atoms with Crippen LogP contribution in [0.1, 0.15) is 30.1 Å². The number of benzene rings is 4. The maximum absolute atomic E-state index is 12.2. The molecule has 0 spiro atoms. The number of hydrogen-bond acceptors (Lipinski definition) is 3. The highest BCUT2D eigenvalue weighted by Crippen LogP contribution is 2.49. The van der Waals surface area contributed by atoms with Gasteiger partial charge in [-0.25, -0.2) is 0 Å². The number of aliphatic hydroxyl groups is 1. The number of methoxy groups -OCH3 is 1. The van der Waals surface area contributed by atoms with Gasteiger partial charge < -0.3 is 26.7 Å². The lowest BCUT2D eigenvalue weighted by molar-refractivity contribution is -0.984. The molecule has 0 aliphatic carbocycles. The van der Waals surface area contributed by atoms with E-state index in [0.29, 0.717) is 11.8 Å². The van der Waals surface area contributed by atoms with E-state index in [4.69, 9.17) is 4.74 Å². The van der Waals surface area contributed by atoms with Crippen molar-refractivity contribution >= 4 is 32.4 Å². The SMILES string of the molecule is C=C[C@H]1C[N@+]2(Cc3c4ccccc4cc4ccccc34)CC[C@H]1CC2C(O)c1ccnc2ccc(OC)cc12.[Cl-]. The molecule has 8 rings (SSSR count). The van der Waals surface area contributed by atoms with Gasteiger partial charge in [0.25, 0.3) is 0 Å². The molecular formula is C35H35ClN2O2. The molecule has 204 valence electrons. The van der Waals surface area contributed by atoms with Gasteiger partial charge >= 0.3 is 0 Å². The number of aromatic nitrogens is 1. The topological polar surface area (TPSA) is 42.4 Å². The number of halogens is 1. The minimum absolute atomic E-state index is 0. The Hall–Kier alpha value is -3.44. The molecule has 2 unspecified atom stereocenters. The number of nitrogens with zero attached hydrogens (tertiary/aromatic N) is 2. The Kier molecular flexibility index (Phi) is 7.03. The molecule has 3 saturated heterocycles. The van der Waals surface area contributed by atoms with Crippen LogP contribution >= 0.6 is 0 Å². The summed E-state index contributed by atoms with van der Waals surface area (Å²) >= 11 is 0. The monoisotopic (exact) mass is 550 g/mol. The van der Waals surface area contributed by atoms with Crippen molar-refractivity contribution in [2.24, 2.45) is 11.8 Å². The number of hydrogen-bond donors (Lipinski definition) is 1. The summed E-state index contributed by atoms with van der Waals surface area (Å²) in [4.78, 5) is 4.59. The van der Waals surface area contributed by atoms with Crippen LogP contribution in [0.4, 0.5) is 0 Å². The van der Waals surface area contributed by atoms with Gasteiger partial charge in [0.05, 0.1) is 25.7 Å². The Morgan fingerprint density at radius 3 is 2.42 bits per heavy atom. The van der Waals surface area contributed by atoms with Crippen LogP contribution in [0.5, 0.6) is 5.75 Å². The van der Waals surface area contributed by atoms with Gasteiger partial charge in [0.1, 0.15) is 24.4 Å². The van der Waals surface area contributed by atoms with Crippen LogP contribution in [0.3, 0.4) is 0 Å². The van der Waals surface area contributed by atoms with Crippen LogP contribution in [0.2, 0.25) is 0 Å². The lowest BCUT2D eigenvalue weighted by Crippen LogP contribution is -3.00. The van der Waals surface area contributed by atoms with E-state index < -0.39 is 6.10 Å². The second-order valence-electron chi connectivity index (χ2n) is 11.6. The summed E-state index contributed by atoms with van der Waals surface area (Å²) in [5.74, 6) is 1.82. The van der Waals surface area contributed by atoms with Gasteiger partial charge in [-0.15, -0.1) is 6.58 Å². The first kappa shape index (κ1) is 26.8. The molecule has 4 heterocycles. The maximum atomic E-state index is 12.2. The maximum Gasteiger partial charge on any atom is 0.131 e. The van der Waals surface area contributed by atoms with E-state index >= 15 is 0 Å². The summed E-state index contributed by atoms with van der Waals surface area (Å²) in [6.07, 6.45) is 5.58. The summed E-state index contributed by atoms with van der Waals surface area (Å²) in [5, 5.41) is 18.4. The number of ether oxygens (including phenoxy) is 1. The molecular weight excluding hydrogens is 516 g/mol. The number of piperidine rings is 3. The lowest BCUT2D eigenvalue weighted by atomic mass is 9.71. The lowest BCUT2D eigenvalue weighted by Gasteiger charge is -2.58. The molecule has 3 aliphatic heterocycles. The van der Waals surface area contributed by atoms with Crippen molar-refractivity contribution in [1.82, 2.24) is 4.98 Å². The Morgan fingerprint density at radius 2 is 1.73 bits per heavy atom. The molecule has 0 saturated carbocycles. The van der Waals surface area contributed by atoms with Crippen molar-refractivity contribution in [2.45, 2.75) is 31.5 Å². The van der Waals surface area contributed by atoms with Gasteiger partial charge in [-0.3, -0.25) is 4.98 Å². The Bertz CT molecular complexity index is 1660. The summed E-state index contributed by atoms with van der Waals surface area (Å²) in [7, 11) is 1.68. The van der Waals surface area contributed by atoms with Crippen LogP contribution in [-0.2, 0) is 6.54 Å². The number of quaternary nitrogens is 1. The second-order valence-corrected chi connectivity index (χ2v) is 11.6. The molecule has 5 atom stereocenters. The minimum atomic E-state index is -0.600. The van der Waals surface area contributed by atoms with Crippen molar-refractivity contribution in [3.8, 4) is 5.75 Å². The molecule has 5 heteroatoms. The molecule has 0 amide bonds. The van der Waals surface area contributed by atoms with E-state index in [-0.39, 0.29) is 18.4 Å². The van der Waals surface area contributed by atoms with Crippen LogP contribution < -0.4 is 17.1 Å². The van der Waals surface area contributed by atoms with Crippen molar-refractivity contribution in [3.05, 3.63) is 109 Å². The number of fused-ring (bicyclic) bond motifs is 6.